The van der Waals surface area contributed by atoms with E-state index in [0.717, 1.165) is 48.3 Å². The van der Waals surface area contributed by atoms with Crippen LogP contribution in [0.5, 0.6) is 0 Å². The van der Waals surface area contributed by atoms with E-state index >= 15 is 0 Å². The normalized spacial score (nSPS) is 45.2. The zero-order chi connectivity index (χ0) is 20.8. The number of rotatable bonds is 6. The van der Waals surface area contributed by atoms with Crippen LogP contribution in [0.15, 0.2) is 11.6 Å². The van der Waals surface area contributed by atoms with E-state index < -0.39 is 0 Å². The highest BCUT2D eigenvalue weighted by Gasteiger charge is 2.59. The van der Waals surface area contributed by atoms with Crippen LogP contribution in [0.3, 0.4) is 0 Å². The van der Waals surface area contributed by atoms with Gasteiger partial charge in [0.2, 0.25) is 0 Å². The predicted octanol–water partition coefficient (Wildman–Crippen LogP) is 7.84. The van der Waals surface area contributed by atoms with Crippen LogP contribution in [-0.2, 0) is 4.79 Å². The second kappa shape index (κ2) is 8.16. The summed E-state index contributed by atoms with van der Waals surface area (Å²) in [4.78, 5) is 11.4. The van der Waals surface area contributed by atoms with Gasteiger partial charge in [-0.05, 0) is 97.7 Å². The van der Waals surface area contributed by atoms with Gasteiger partial charge >= 0.3 is 0 Å². The van der Waals surface area contributed by atoms with Gasteiger partial charge < -0.3 is 4.79 Å². The predicted molar refractivity (Wildman–Crippen MR) is 123 cm³/mol. The lowest BCUT2D eigenvalue weighted by Crippen LogP contribution is -2.50. The summed E-state index contributed by atoms with van der Waals surface area (Å²) in [6.07, 6.45) is 18.7. The minimum Gasteiger partial charge on any atom is -0.303 e. The highest BCUT2D eigenvalue weighted by Crippen LogP contribution is 2.67. The molecule has 29 heavy (non-hydrogen) atoms. The Hall–Kier alpha value is -0.590. The number of allylic oxidation sites excluding steroid dienone is 2. The zero-order valence-electron chi connectivity index (χ0n) is 19.9. The first-order valence-corrected chi connectivity index (χ1v) is 12.9. The summed E-state index contributed by atoms with van der Waals surface area (Å²) in [5, 5.41) is 0. The van der Waals surface area contributed by atoms with Gasteiger partial charge in [-0.3, -0.25) is 0 Å². The first-order chi connectivity index (χ1) is 13.8. The van der Waals surface area contributed by atoms with Crippen LogP contribution in [0.2, 0.25) is 0 Å². The van der Waals surface area contributed by atoms with E-state index in [9.17, 15) is 4.79 Å². The Balaban J connectivity index is 1.49. The van der Waals surface area contributed by atoms with E-state index in [0.29, 0.717) is 16.7 Å². The average Bonchev–Trinajstić information content (AvgIpc) is 3.04. The van der Waals surface area contributed by atoms with Crippen molar-refractivity contribution in [1.82, 2.24) is 0 Å². The van der Waals surface area contributed by atoms with E-state index in [-0.39, 0.29) is 0 Å². The molecule has 164 valence electrons. The van der Waals surface area contributed by atoms with Crippen molar-refractivity contribution >= 4 is 6.29 Å². The molecule has 8 atom stereocenters. The van der Waals surface area contributed by atoms with Crippen LogP contribution in [0.25, 0.3) is 0 Å². The molecular weight excluding hydrogens is 352 g/mol. The maximum Gasteiger partial charge on any atom is 0.123 e. The minimum absolute atomic E-state index is 0.294. The number of hydrogen-bond donors (Lipinski definition) is 0. The summed E-state index contributed by atoms with van der Waals surface area (Å²) in [5.41, 5.74) is 2.63. The van der Waals surface area contributed by atoms with Gasteiger partial charge in [0.05, 0.1) is 0 Å². The number of hydrogen-bond acceptors (Lipinski definition) is 1. The maximum atomic E-state index is 11.4. The largest absolute Gasteiger partial charge is 0.303 e. The fourth-order valence-corrected chi connectivity index (χ4v) is 8.83. The summed E-state index contributed by atoms with van der Waals surface area (Å²) < 4.78 is 0. The summed E-state index contributed by atoms with van der Waals surface area (Å²) in [6.45, 7) is 12.6. The van der Waals surface area contributed by atoms with Gasteiger partial charge in [-0.15, -0.1) is 0 Å². The molecular formula is C28H46O. The average molecular weight is 399 g/mol. The van der Waals surface area contributed by atoms with Crippen molar-refractivity contribution in [1.29, 1.82) is 0 Å². The van der Waals surface area contributed by atoms with Crippen molar-refractivity contribution in [2.24, 2.45) is 52.3 Å². The Labute approximate surface area is 180 Å². The van der Waals surface area contributed by atoms with Gasteiger partial charge in [0.1, 0.15) is 6.29 Å². The van der Waals surface area contributed by atoms with E-state index in [4.69, 9.17) is 0 Å². The van der Waals surface area contributed by atoms with Gasteiger partial charge in [0, 0.05) is 5.92 Å². The van der Waals surface area contributed by atoms with E-state index in [1.165, 1.54) is 64.1 Å². The molecule has 0 radical (unpaired) electrons. The fourth-order valence-electron chi connectivity index (χ4n) is 8.83. The Morgan fingerprint density at radius 2 is 1.83 bits per heavy atom. The van der Waals surface area contributed by atoms with Crippen molar-refractivity contribution in [3.05, 3.63) is 11.6 Å². The third-order valence-corrected chi connectivity index (χ3v) is 10.5. The van der Waals surface area contributed by atoms with Crippen molar-refractivity contribution in [3.8, 4) is 0 Å². The first kappa shape index (κ1) is 21.6. The van der Waals surface area contributed by atoms with Gasteiger partial charge in [-0.25, -0.2) is 0 Å². The van der Waals surface area contributed by atoms with Crippen LogP contribution >= 0.6 is 0 Å². The molecule has 0 amide bonds. The van der Waals surface area contributed by atoms with E-state index in [1.54, 1.807) is 5.57 Å². The second-order valence-electron chi connectivity index (χ2n) is 12.4. The number of carbonyl (C=O) groups is 1. The Morgan fingerprint density at radius 3 is 2.55 bits per heavy atom. The molecule has 0 N–H and O–H groups in total. The molecule has 4 aliphatic rings. The Kier molecular flexibility index (Phi) is 6.09. The monoisotopic (exact) mass is 398 g/mol. The van der Waals surface area contributed by atoms with Crippen LogP contribution in [0.1, 0.15) is 105 Å². The molecule has 0 aromatic rings. The molecule has 0 saturated heterocycles. The van der Waals surface area contributed by atoms with E-state index in [2.05, 4.69) is 40.7 Å². The zero-order valence-corrected chi connectivity index (χ0v) is 19.9. The minimum atomic E-state index is 0.294. The Bertz CT molecular complexity index is 632. The van der Waals surface area contributed by atoms with Crippen molar-refractivity contribution < 1.29 is 4.79 Å². The van der Waals surface area contributed by atoms with Crippen LogP contribution in [-0.4, -0.2) is 6.29 Å². The topological polar surface area (TPSA) is 17.1 Å². The summed E-state index contributed by atoms with van der Waals surface area (Å²) in [5.74, 6) is 5.71. The molecule has 3 fully saturated rings. The molecule has 4 rings (SSSR count). The smallest absolute Gasteiger partial charge is 0.123 e. The summed E-state index contributed by atoms with van der Waals surface area (Å²) in [7, 11) is 0. The first-order valence-electron chi connectivity index (χ1n) is 12.9. The number of carbonyl (C=O) groups excluding carboxylic acids is 1. The van der Waals surface area contributed by atoms with E-state index in [1.807, 2.05) is 0 Å². The SMILES string of the molecule is CC(C)CCC[C@@H](C)[C@H]1CC[C@H]2C3CC=C4CC(C=O)CC[C@]4(C)[C@H]3CC[C@]12C. The molecule has 0 aromatic heterocycles. The molecule has 4 aliphatic carbocycles. The van der Waals surface area contributed by atoms with Crippen molar-refractivity contribution in [3.63, 3.8) is 0 Å². The molecule has 1 heteroatoms. The number of fused-ring (bicyclic) bond motifs is 5. The highest BCUT2D eigenvalue weighted by molar-refractivity contribution is 5.55. The third-order valence-electron chi connectivity index (χ3n) is 10.5. The van der Waals surface area contributed by atoms with Gasteiger partial charge in [-0.1, -0.05) is 65.5 Å². The van der Waals surface area contributed by atoms with Crippen LogP contribution in [0.4, 0.5) is 0 Å². The lowest BCUT2D eigenvalue weighted by Gasteiger charge is -2.58. The van der Waals surface area contributed by atoms with Gasteiger partial charge in [0.15, 0.2) is 0 Å². The summed E-state index contributed by atoms with van der Waals surface area (Å²) in [6, 6.07) is 0. The van der Waals surface area contributed by atoms with Gasteiger partial charge in [-0.2, -0.15) is 0 Å². The molecule has 2 unspecified atom stereocenters. The molecule has 0 aliphatic heterocycles. The lowest BCUT2D eigenvalue weighted by molar-refractivity contribution is -0.112. The highest BCUT2D eigenvalue weighted by atomic mass is 16.1. The molecule has 1 nitrogen and oxygen atoms in total. The quantitative estimate of drug-likeness (QED) is 0.329. The molecule has 0 bridgehead atoms. The maximum absolute atomic E-state index is 11.4. The van der Waals surface area contributed by atoms with Crippen LogP contribution in [0, 0.1) is 52.3 Å². The lowest BCUT2D eigenvalue weighted by atomic mass is 9.46. The molecule has 0 heterocycles. The fraction of sp³-hybridized carbons (Fsp3) is 0.893. The second-order valence-corrected chi connectivity index (χ2v) is 12.4. The molecule has 0 spiro atoms. The summed E-state index contributed by atoms with van der Waals surface area (Å²) >= 11 is 0. The van der Waals surface area contributed by atoms with Crippen LogP contribution < -0.4 is 0 Å². The van der Waals surface area contributed by atoms with Crippen molar-refractivity contribution in [2.75, 3.05) is 0 Å². The Morgan fingerprint density at radius 1 is 1.03 bits per heavy atom. The standard InChI is InChI=1S/C28H46O/c1-19(2)7-6-8-20(3)24-11-12-25-23-10-9-22-17-21(18-29)13-15-27(22,4)26(23)14-16-28(24,25)5/h9,18-21,23-26H,6-8,10-17H2,1-5H3/t20-,21?,23?,24-,25+,26+,27+,28-/m1/s1. The molecule has 3 saturated carbocycles. The van der Waals surface area contributed by atoms with Gasteiger partial charge in [0.25, 0.3) is 0 Å². The third kappa shape index (κ3) is 3.67. The molecule has 0 aromatic carbocycles. The number of aldehydes is 1. The van der Waals surface area contributed by atoms with Crippen molar-refractivity contribution in [2.45, 2.75) is 105 Å².